The number of ether oxygens (including phenoxy) is 1. The molecule has 122 valence electrons. The normalized spacial score (nSPS) is 22.5. The zero-order valence-corrected chi connectivity index (χ0v) is 13.7. The zero-order chi connectivity index (χ0) is 16.5. The van der Waals surface area contributed by atoms with Crippen molar-refractivity contribution in [1.29, 1.82) is 0 Å². The number of nitrogens with two attached hydrogens (primary N) is 1. The molecule has 1 aliphatic heterocycles. The maximum absolute atomic E-state index is 13.5. The summed E-state index contributed by atoms with van der Waals surface area (Å²) in [4.78, 5) is 13.8. The molecule has 1 saturated heterocycles. The van der Waals surface area contributed by atoms with Crippen LogP contribution >= 0.6 is 0 Å². The van der Waals surface area contributed by atoms with Crippen LogP contribution in [0.5, 0.6) is 0 Å². The van der Waals surface area contributed by atoms with E-state index in [1.54, 1.807) is 17.0 Å². The van der Waals surface area contributed by atoms with Crippen molar-refractivity contribution in [2.24, 2.45) is 5.73 Å². The molecule has 0 aliphatic carbocycles. The highest BCUT2D eigenvalue weighted by atomic mass is 19.1. The van der Waals surface area contributed by atoms with Gasteiger partial charge in [-0.05, 0) is 57.4 Å². The summed E-state index contributed by atoms with van der Waals surface area (Å²) in [5, 5.41) is 0. The van der Waals surface area contributed by atoms with Crippen molar-refractivity contribution >= 4 is 6.09 Å². The van der Waals surface area contributed by atoms with E-state index in [0.717, 1.165) is 11.1 Å². The molecule has 2 rings (SSSR count). The topological polar surface area (TPSA) is 55.6 Å². The van der Waals surface area contributed by atoms with E-state index in [4.69, 9.17) is 10.5 Å². The number of aryl methyl sites for hydroxylation is 1. The lowest BCUT2D eigenvalue weighted by Gasteiger charge is -2.38. The fourth-order valence-electron chi connectivity index (χ4n) is 2.87. The molecule has 1 amide bonds. The van der Waals surface area contributed by atoms with Gasteiger partial charge in [0.05, 0.1) is 0 Å². The van der Waals surface area contributed by atoms with Gasteiger partial charge in [0.2, 0.25) is 0 Å². The predicted molar refractivity (Wildman–Crippen MR) is 84.3 cm³/mol. The van der Waals surface area contributed by atoms with Crippen molar-refractivity contribution in [1.82, 2.24) is 4.90 Å². The molecule has 0 unspecified atom stereocenters. The van der Waals surface area contributed by atoms with Crippen LogP contribution in [-0.4, -0.2) is 35.7 Å². The van der Waals surface area contributed by atoms with Crippen molar-refractivity contribution in [3.63, 3.8) is 0 Å². The third kappa shape index (κ3) is 3.97. The lowest BCUT2D eigenvalue weighted by molar-refractivity contribution is 0.0186. The number of carbonyl (C=O) groups excluding carboxylic acids is 1. The minimum atomic E-state index is -0.517. The van der Waals surface area contributed by atoms with Gasteiger partial charge in [0, 0.05) is 25.0 Å². The Bertz CT molecular complexity index is 554. The van der Waals surface area contributed by atoms with E-state index in [9.17, 15) is 9.18 Å². The molecular weight excluding hydrogens is 283 g/mol. The summed E-state index contributed by atoms with van der Waals surface area (Å²) in [6, 6.07) is 4.57. The van der Waals surface area contributed by atoms with E-state index < -0.39 is 5.60 Å². The smallest absolute Gasteiger partial charge is 0.410 e. The standard InChI is InChI=1S/C17H25FN2O2/c1-11-5-6-12(18)9-14(11)13-7-8-20(10-15(13)19)16(21)22-17(2,3)4/h5-6,9,13,15H,7-8,10,19H2,1-4H3/t13-,15-/m1/s1. The summed E-state index contributed by atoms with van der Waals surface area (Å²) in [7, 11) is 0. The van der Waals surface area contributed by atoms with Gasteiger partial charge in [0.1, 0.15) is 11.4 Å². The highest BCUT2D eigenvalue weighted by Crippen LogP contribution is 2.30. The lowest BCUT2D eigenvalue weighted by atomic mass is 9.83. The van der Waals surface area contributed by atoms with Crippen molar-refractivity contribution < 1.29 is 13.9 Å². The molecule has 0 bridgehead atoms. The maximum Gasteiger partial charge on any atom is 0.410 e. The van der Waals surface area contributed by atoms with E-state index in [1.165, 1.54) is 6.07 Å². The molecule has 2 atom stereocenters. The fourth-order valence-corrected chi connectivity index (χ4v) is 2.87. The number of likely N-dealkylation sites (tertiary alicyclic amines) is 1. The number of piperidine rings is 1. The lowest BCUT2D eigenvalue weighted by Crippen LogP contribution is -2.50. The minimum Gasteiger partial charge on any atom is -0.444 e. The van der Waals surface area contributed by atoms with Crippen molar-refractivity contribution in [2.75, 3.05) is 13.1 Å². The second-order valence-corrected chi connectivity index (χ2v) is 6.99. The summed E-state index contributed by atoms with van der Waals surface area (Å²) in [6.45, 7) is 8.48. The number of halogens is 1. The monoisotopic (exact) mass is 308 g/mol. The van der Waals surface area contributed by atoms with Gasteiger partial charge in [0.25, 0.3) is 0 Å². The Morgan fingerprint density at radius 2 is 2.09 bits per heavy atom. The van der Waals surface area contributed by atoms with E-state index in [2.05, 4.69) is 0 Å². The fraction of sp³-hybridized carbons (Fsp3) is 0.588. The number of hydrogen-bond donors (Lipinski definition) is 1. The summed E-state index contributed by atoms with van der Waals surface area (Å²) in [5.41, 5.74) is 7.71. The Morgan fingerprint density at radius 3 is 2.68 bits per heavy atom. The van der Waals surface area contributed by atoms with Crippen LogP contribution in [0.2, 0.25) is 0 Å². The molecule has 22 heavy (non-hydrogen) atoms. The van der Waals surface area contributed by atoms with Gasteiger partial charge in [-0.15, -0.1) is 0 Å². The first-order chi connectivity index (χ1) is 10.2. The Morgan fingerprint density at radius 1 is 1.41 bits per heavy atom. The average molecular weight is 308 g/mol. The molecule has 5 heteroatoms. The summed E-state index contributed by atoms with van der Waals surface area (Å²) in [6.07, 6.45) is 0.377. The van der Waals surface area contributed by atoms with Crippen LogP contribution in [0.15, 0.2) is 18.2 Å². The second kappa shape index (κ2) is 6.24. The Kier molecular flexibility index (Phi) is 4.75. The quantitative estimate of drug-likeness (QED) is 0.867. The van der Waals surface area contributed by atoms with Gasteiger partial charge in [0.15, 0.2) is 0 Å². The number of hydrogen-bond acceptors (Lipinski definition) is 3. The number of nitrogens with zero attached hydrogens (tertiary/aromatic N) is 1. The molecule has 4 nitrogen and oxygen atoms in total. The average Bonchev–Trinajstić information content (AvgIpc) is 2.40. The third-order valence-corrected chi connectivity index (χ3v) is 3.95. The summed E-state index contributed by atoms with van der Waals surface area (Å²) >= 11 is 0. The molecular formula is C17H25FN2O2. The minimum absolute atomic E-state index is 0.0642. The van der Waals surface area contributed by atoms with Gasteiger partial charge in [-0.25, -0.2) is 9.18 Å². The number of benzene rings is 1. The zero-order valence-electron chi connectivity index (χ0n) is 13.7. The second-order valence-electron chi connectivity index (χ2n) is 6.99. The van der Waals surface area contributed by atoms with E-state index >= 15 is 0 Å². The summed E-state index contributed by atoms with van der Waals surface area (Å²) < 4.78 is 18.9. The van der Waals surface area contributed by atoms with Gasteiger partial charge in [-0.1, -0.05) is 6.07 Å². The van der Waals surface area contributed by atoms with E-state index in [-0.39, 0.29) is 23.9 Å². The van der Waals surface area contributed by atoms with Crippen molar-refractivity contribution in [2.45, 2.75) is 51.7 Å². The van der Waals surface area contributed by atoms with Crippen LogP contribution in [0.3, 0.4) is 0 Å². The molecule has 1 fully saturated rings. The molecule has 1 aromatic rings. The maximum atomic E-state index is 13.5. The largest absolute Gasteiger partial charge is 0.444 e. The highest BCUT2D eigenvalue weighted by molar-refractivity contribution is 5.68. The number of amides is 1. The van der Waals surface area contributed by atoms with Crippen LogP contribution in [0.25, 0.3) is 0 Å². The number of carbonyl (C=O) groups is 1. The van der Waals surface area contributed by atoms with E-state index in [1.807, 2.05) is 27.7 Å². The number of rotatable bonds is 1. The van der Waals surface area contributed by atoms with E-state index in [0.29, 0.717) is 19.5 Å². The van der Waals surface area contributed by atoms with Gasteiger partial charge in [-0.3, -0.25) is 0 Å². The SMILES string of the molecule is Cc1ccc(F)cc1[C@H]1CCN(C(=O)OC(C)(C)C)C[C@H]1N. The van der Waals surface area contributed by atoms with Crippen LogP contribution in [0, 0.1) is 12.7 Å². The van der Waals surface area contributed by atoms with Crippen LogP contribution in [0.1, 0.15) is 44.2 Å². The highest BCUT2D eigenvalue weighted by Gasteiger charge is 2.33. The van der Waals surface area contributed by atoms with Gasteiger partial charge >= 0.3 is 6.09 Å². The van der Waals surface area contributed by atoms with Crippen LogP contribution in [-0.2, 0) is 4.74 Å². The van der Waals surface area contributed by atoms with Crippen molar-refractivity contribution in [3.8, 4) is 0 Å². The van der Waals surface area contributed by atoms with Gasteiger partial charge in [-0.2, -0.15) is 0 Å². The predicted octanol–water partition coefficient (Wildman–Crippen LogP) is 3.19. The first-order valence-corrected chi connectivity index (χ1v) is 7.67. The molecule has 2 N–H and O–H groups in total. The Labute approximate surface area is 131 Å². The molecule has 0 saturated carbocycles. The Balaban J connectivity index is 2.07. The van der Waals surface area contributed by atoms with Crippen LogP contribution in [0.4, 0.5) is 9.18 Å². The van der Waals surface area contributed by atoms with Gasteiger partial charge < -0.3 is 15.4 Å². The Hall–Kier alpha value is -1.62. The first kappa shape index (κ1) is 16.7. The molecule has 1 aromatic carbocycles. The van der Waals surface area contributed by atoms with Crippen LogP contribution < -0.4 is 5.73 Å². The molecule has 1 aliphatic rings. The molecule has 0 spiro atoms. The third-order valence-electron chi connectivity index (χ3n) is 3.95. The summed E-state index contributed by atoms with van der Waals surface area (Å²) in [5.74, 6) is -0.184. The van der Waals surface area contributed by atoms with Crippen molar-refractivity contribution in [3.05, 3.63) is 35.1 Å². The molecule has 0 radical (unpaired) electrons. The first-order valence-electron chi connectivity index (χ1n) is 7.67. The molecule has 0 aromatic heterocycles. The molecule has 1 heterocycles.